The number of rotatable bonds is 4. The van der Waals surface area contributed by atoms with E-state index in [1.807, 2.05) is 6.92 Å². The molecule has 17 heavy (non-hydrogen) atoms. The maximum atomic E-state index is 4.48. The molecule has 90 valence electrons. The Hall–Kier alpha value is -1.85. The first-order valence-electron chi connectivity index (χ1n) is 6.08. The Morgan fingerprint density at radius 3 is 3.00 bits per heavy atom. The van der Waals surface area contributed by atoms with Gasteiger partial charge in [0.1, 0.15) is 5.52 Å². The molecule has 1 saturated carbocycles. The summed E-state index contributed by atoms with van der Waals surface area (Å²) in [6, 6.07) is 0.547. The molecule has 6 heteroatoms. The third-order valence-corrected chi connectivity index (χ3v) is 3.07. The third kappa shape index (κ3) is 1.90. The molecule has 0 amide bonds. The zero-order valence-corrected chi connectivity index (χ0v) is 9.82. The summed E-state index contributed by atoms with van der Waals surface area (Å²) >= 11 is 0. The van der Waals surface area contributed by atoms with Gasteiger partial charge in [0, 0.05) is 12.6 Å². The van der Waals surface area contributed by atoms with E-state index >= 15 is 0 Å². The van der Waals surface area contributed by atoms with Crippen LogP contribution >= 0.6 is 0 Å². The number of hydrogen-bond acceptors (Lipinski definition) is 5. The predicted molar refractivity (Wildman–Crippen MR) is 67.1 cm³/mol. The van der Waals surface area contributed by atoms with Gasteiger partial charge in [-0.3, -0.25) is 0 Å². The van der Waals surface area contributed by atoms with E-state index in [1.54, 1.807) is 6.33 Å². The summed E-state index contributed by atoms with van der Waals surface area (Å²) in [5, 5.41) is 6.57. The predicted octanol–water partition coefficient (Wildman–Crippen LogP) is 1.75. The standard InChI is InChI=1S/C11H16N6/c1-2-12-11-16-9-8(13-6-14-9)10(17-11)15-7-4-3-5-7/h6-7H,2-5H2,1H3,(H3,12,13,14,15,16,17). The number of aromatic nitrogens is 4. The van der Waals surface area contributed by atoms with Crippen molar-refractivity contribution in [2.24, 2.45) is 0 Å². The summed E-state index contributed by atoms with van der Waals surface area (Å²) in [4.78, 5) is 16.1. The van der Waals surface area contributed by atoms with E-state index in [4.69, 9.17) is 0 Å². The molecule has 1 aliphatic rings. The number of imidazole rings is 1. The largest absolute Gasteiger partial charge is 0.365 e. The molecule has 0 saturated heterocycles. The molecule has 0 aliphatic heterocycles. The normalized spacial score (nSPS) is 15.8. The first-order chi connectivity index (χ1) is 8.36. The molecule has 1 aliphatic carbocycles. The molecular weight excluding hydrogens is 216 g/mol. The lowest BCUT2D eigenvalue weighted by atomic mass is 9.93. The fraction of sp³-hybridized carbons (Fsp3) is 0.545. The minimum Gasteiger partial charge on any atom is -0.365 e. The maximum absolute atomic E-state index is 4.48. The summed E-state index contributed by atoms with van der Waals surface area (Å²) in [5.41, 5.74) is 1.59. The molecule has 0 atom stereocenters. The highest BCUT2D eigenvalue weighted by Gasteiger charge is 2.19. The summed E-state index contributed by atoms with van der Waals surface area (Å²) < 4.78 is 0. The number of aromatic amines is 1. The second-order valence-corrected chi connectivity index (χ2v) is 4.30. The van der Waals surface area contributed by atoms with Crippen LogP contribution in [0.2, 0.25) is 0 Å². The second-order valence-electron chi connectivity index (χ2n) is 4.30. The summed E-state index contributed by atoms with van der Waals surface area (Å²) in [7, 11) is 0. The van der Waals surface area contributed by atoms with Gasteiger partial charge < -0.3 is 15.6 Å². The van der Waals surface area contributed by atoms with Crippen LogP contribution in [-0.4, -0.2) is 32.5 Å². The van der Waals surface area contributed by atoms with E-state index in [0.717, 1.165) is 17.9 Å². The molecule has 0 spiro atoms. The zero-order chi connectivity index (χ0) is 11.7. The molecule has 1 fully saturated rings. The van der Waals surface area contributed by atoms with Crippen molar-refractivity contribution in [2.75, 3.05) is 17.2 Å². The maximum Gasteiger partial charge on any atom is 0.226 e. The van der Waals surface area contributed by atoms with Gasteiger partial charge in [-0.2, -0.15) is 9.97 Å². The van der Waals surface area contributed by atoms with Gasteiger partial charge >= 0.3 is 0 Å². The number of H-pyrrole nitrogens is 1. The lowest BCUT2D eigenvalue weighted by Crippen LogP contribution is -2.27. The van der Waals surface area contributed by atoms with E-state index in [1.165, 1.54) is 19.3 Å². The van der Waals surface area contributed by atoms with Crippen molar-refractivity contribution in [3.63, 3.8) is 0 Å². The number of nitrogens with zero attached hydrogens (tertiary/aromatic N) is 3. The van der Waals surface area contributed by atoms with E-state index in [9.17, 15) is 0 Å². The first kappa shape index (κ1) is 10.3. The van der Waals surface area contributed by atoms with Crippen LogP contribution in [0.15, 0.2) is 6.33 Å². The molecule has 2 heterocycles. The topological polar surface area (TPSA) is 78.5 Å². The molecule has 2 aromatic heterocycles. The summed E-state index contributed by atoms with van der Waals surface area (Å²) in [5.74, 6) is 1.49. The molecule has 6 nitrogen and oxygen atoms in total. The average Bonchev–Trinajstić information content (AvgIpc) is 2.71. The van der Waals surface area contributed by atoms with Crippen LogP contribution in [0.4, 0.5) is 11.8 Å². The minimum absolute atomic E-state index is 0.547. The molecule has 0 radical (unpaired) electrons. The smallest absolute Gasteiger partial charge is 0.226 e. The first-order valence-corrected chi connectivity index (χ1v) is 6.08. The quantitative estimate of drug-likeness (QED) is 0.748. The Labute approximate surface area is 99.3 Å². The summed E-state index contributed by atoms with van der Waals surface area (Å²) in [6.07, 6.45) is 5.39. The zero-order valence-electron chi connectivity index (χ0n) is 9.82. The highest BCUT2D eigenvalue weighted by Crippen LogP contribution is 2.25. The SMILES string of the molecule is CCNc1nc(NC2CCC2)c2[nH]cnc2n1. The lowest BCUT2D eigenvalue weighted by molar-refractivity contribution is 0.445. The van der Waals surface area contributed by atoms with Crippen LogP contribution in [0.25, 0.3) is 11.2 Å². The molecular formula is C11H16N6. The molecule has 0 aromatic carbocycles. The average molecular weight is 232 g/mol. The summed E-state index contributed by atoms with van der Waals surface area (Å²) in [6.45, 7) is 2.83. The molecule has 0 bridgehead atoms. The van der Waals surface area contributed by atoms with Crippen molar-refractivity contribution in [2.45, 2.75) is 32.2 Å². The van der Waals surface area contributed by atoms with Crippen LogP contribution in [0, 0.1) is 0 Å². The monoisotopic (exact) mass is 232 g/mol. The van der Waals surface area contributed by atoms with Crippen molar-refractivity contribution in [1.29, 1.82) is 0 Å². The van der Waals surface area contributed by atoms with Gasteiger partial charge in [0.25, 0.3) is 0 Å². The molecule has 0 unspecified atom stereocenters. The number of hydrogen-bond donors (Lipinski definition) is 3. The van der Waals surface area contributed by atoms with Crippen molar-refractivity contribution in [1.82, 2.24) is 19.9 Å². The van der Waals surface area contributed by atoms with Crippen LogP contribution in [0.5, 0.6) is 0 Å². The number of nitrogens with one attached hydrogen (secondary N) is 3. The van der Waals surface area contributed by atoms with Crippen molar-refractivity contribution in [3.8, 4) is 0 Å². The Balaban J connectivity index is 1.96. The highest BCUT2D eigenvalue weighted by atomic mass is 15.2. The fourth-order valence-corrected chi connectivity index (χ4v) is 1.92. The van der Waals surface area contributed by atoms with E-state index < -0.39 is 0 Å². The van der Waals surface area contributed by atoms with Crippen molar-refractivity contribution >= 4 is 22.9 Å². The number of fused-ring (bicyclic) bond motifs is 1. The Morgan fingerprint density at radius 2 is 2.29 bits per heavy atom. The van der Waals surface area contributed by atoms with Gasteiger partial charge in [-0.25, -0.2) is 4.98 Å². The Kier molecular flexibility index (Phi) is 2.55. The minimum atomic E-state index is 0.547. The van der Waals surface area contributed by atoms with E-state index in [-0.39, 0.29) is 0 Å². The van der Waals surface area contributed by atoms with Crippen LogP contribution in [0.3, 0.4) is 0 Å². The molecule has 2 aromatic rings. The highest BCUT2D eigenvalue weighted by molar-refractivity contribution is 5.83. The van der Waals surface area contributed by atoms with Gasteiger partial charge in [0.15, 0.2) is 11.5 Å². The van der Waals surface area contributed by atoms with Crippen LogP contribution in [-0.2, 0) is 0 Å². The second kappa shape index (κ2) is 4.20. The fourth-order valence-electron chi connectivity index (χ4n) is 1.92. The van der Waals surface area contributed by atoms with Gasteiger partial charge in [-0.15, -0.1) is 0 Å². The van der Waals surface area contributed by atoms with Crippen LogP contribution < -0.4 is 10.6 Å². The Morgan fingerprint density at radius 1 is 1.41 bits per heavy atom. The third-order valence-electron chi connectivity index (χ3n) is 3.07. The van der Waals surface area contributed by atoms with Gasteiger partial charge in [-0.05, 0) is 26.2 Å². The van der Waals surface area contributed by atoms with Gasteiger partial charge in [-0.1, -0.05) is 0 Å². The van der Waals surface area contributed by atoms with Gasteiger partial charge in [0.05, 0.1) is 6.33 Å². The van der Waals surface area contributed by atoms with Crippen molar-refractivity contribution in [3.05, 3.63) is 6.33 Å². The van der Waals surface area contributed by atoms with Gasteiger partial charge in [0.2, 0.25) is 5.95 Å². The number of anilines is 2. The van der Waals surface area contributed by atoms with E-state index in [2.05, 4.69) is 30.6 Å². The Bertz CT molecular complexity index is 516. The van der Waals surface area contributed by atoms with E-state index in [0.29, 0.717) is 17.6 Å². The van der Waals surface area contributed by atoms with Crippen molar-refractivity contribution < 1.29 is 0 Å². The molecule has 3 rings (SSSR count). The van der Waals surface area contributed by atoms with Crippen LogP contribution in [0.1, 0.15) is 26.2 Å². The lowest BCUT2D eigenvalue weighted by Gasteiger charge is -2.27. The molecule has 3 N–H and O–H groups in total.